The number of rotatable bonds is 3. The van der Waals surface area contributed by atoms with Gasteiger partial charge in [0.05, 0.1) is 0 Å². The molecule has 0 aliphatic carbocycles. The second kappa shape index (κ2) is 7.90. The summed E-state index contributed by atoms with van der Waals surface area (Å²) < 4.78 is 19.0. The van der Waals surface area contributed by atoms with Crippen molar-refractivity contribution in [2.24, 2.45) is 0 Å². The fourth-order valence-corrected chi connectivity index (χ4v) is 3.12. The molecule has 1 saturated heterocycles. The van der Waals surface area contributed by atoms with E-state index in [1.54, 1.807) is 4.90 Å². The van der Waals surface area contributed by atoms with Gasteiger partial charge in [0.25, 0.3) is 0 Å². The summed E-state index contributed by atoms with van der Waals surface area (Å²) in [6, 6.07) is 1.36. The van der Waals surface area contributed by atoms with Crippen molar-refractivity contribution in [1.82, 2.24) is 14.8 Å². The Labute approximate surface area is 153 Å². The highest BCUT2D eigenvalue weighted by Crippen LogP contribution is 2.25. The Hall–Kier alpha value is -1.71. The third kappa shape index (κ3) is 4.93. The number of carbonyl (C=O) groups is 1. The minimum Gasteiger partial charge on any atom is -0.444 e. The molecule has 0 aromatic carbocycles. The van der Waals surface area contributed by atoms with E-state index in [9.17, 15) is 19.2 Å². The lowest BCUT2D eigenvalue weighted by molar-refractivity contribution is -0.000749. The van der Waals surface area contributed by atoms with Gasteiger partial charge in [-0.2, -0.15) is 4.39 Å². The Morgan fingerprint density at radius 3 is 2.62 bits per heavy atom. The van der Waals surface area contributed by atoms with Crippen molar-refractivity contribution in [2.45, 2.75) is 52.3 Å². The molecular weight excluding hydrogens is 340 g/mol. The van der Waals surface area contributed by atoms with Crippen LogP contribution in [0, 0.1) is 5.95 Å². The summed E-state index contributed by atoms with van der Waals surface area (Å²) in [7, 11) is -1.91. The highest BCUT2D eigenvalue weighted by atomic mass is 19.1. The molecule has 0 spiro atoms. The summed E-state index contributed by atoms with van der Waals surface area (Å²) in [5, 5.41) is 18.5. The number of piperazine rings is 1. The molecule has 1 aromatic heterocycles. The molecule has 2 N–H and O–H groups in total. The van der Waals surface area contributed by atoms with E-state index >= 15 is 0 Å². The first-order valence-corrected chi connectivity index (χ1v) is 8.74. The van der Waals surface area contributed by atoms with Crippen LogP contribution in [0.2, 0.25) is 0 Å². The van der Waals surface area contributed by atoms with E-state index in [4.69, 9.17) is 4.74 Å². The zero-order chi connectivity index (χ0) is 19.6. The molecule has 1 aliphatic heterocycles. The number of aromatic nitrogens is 1. The standard InChI is InChI=1S/C17H27BFN3O4/c1-11-10-21(16(23)26-17(3,4)5)6-7-22(11)12(2)13-8-14(18(24)25)15(19)20-9-13/h8-9,11-12,24-25H,6-7,10H2,1-5H3/t11-,12?/m1/s1. The molecule has 0 bridgehead atoms. The molecule has 2 heterocycles. The third-order valence-corrected chi connectivity index (χ3v) is 4.48. The number of halogens is 1. The molecular formula is C17H27BFN3O4. The van der Waals surface area contributed by atoms with Gasteiger partial charge in [-0.05, 0) is 40.2 Å². The van der Waals surface area contributed by atoms with Crippen LogP contribution in [0.3, 0.4) is 0 Å². The van der Waals surface area contributed by atoms with E-state index in [0.717, 1.165) is 0 Å². The van der Waals surface area contributed by atoms with Crippen molar-refractivity contribution in [1.29, 1.82) is 0 Å². The Balaban J connectivity index is 2.07. The van der Waals surface area contributed by atoms with Crippen molar-refractivity contribution >= 4 is 18.7 Å². The van der Waals surface area contributed by atoms with Crippen LogP contribution in [-0.2, 0) is 4.74 Å². The summed E-state index contributed by atoms with van der Waals surface area (Å²) in [4.78, 5) is 19.7. The maximum Gasteiger partial charge on any atom is 0.493 e. The SMILES string of the molecule is CC(c1cnc(F)c(B(O)O)c1)N1CCN(C(=O)OC(C)(C)C)C[C@H]1C. The average molecular weight is 367 g/mol. The van der Waals surface area contributed by atoms with Gasteiger partial charge in [0.2, 0.25) is 5.95 Å². The van der Waals surface area contributed by atoms with Gasteiger partial charge in [-0.15, -0.1) is 0 Å². The number of hydrogen-bond acceptors (Lipinski definition) is 6. The highest BCUT2D eigenvalue weighted by molar-refractivity contribution is 6.58. The number of pyridine rings is 1. The lowest BCUT2D eigenvalue weighted by atomic mass is 9.80. The van der Waals surface area contributed by atoms with Crippen molar-refractivity contribution in [2.75, 3.05) is 19.6 Å². The summed E-state index contributed by atoms with van der Waals surface area (Å²) in [5.74, 6) is -0.890. The fourth-order valence-electron chi connectivity index (χ4n) is 3.12. The summed E-state index contributed by atoms with van der Waals surface area (Å²) in [6.45, 7) is 11.1. The van der Waals surface area contributed by atoms with Crippen LogP contribution in [0.5, 0.6) is 0 Å². The van der Waals surface area contributed by atoms with Crippen LogP contribution >= 0.6 is 0 Å². The average Bonchev–Trinajstić information content (AvgIpc) is 2.52. The Morgan fingerprint density at radius 1 is 1.42 bits per heavy atom. The van der Waals surface area contributed by atoms with Gasteiger partial charge in [-0.1, -0.05) is 6.07 Å². The van der Waals surface area contributed by atoms with E-state index in [1.807, 2.05) is 34.6 Å². The molecule has 1 aliphatic rings. The lowest BCUT2D eigenvalue weighted by Crippen LogP contribution is -2.55. The molecule has 2 rings (SSSR count). The van der Waals surface area contributed by atoms with Gasteiger partial charge in [-0.3, -0.25) is 4.90 Å². The molecule has 26 heavy (non-hydrogen) atoms. The minimum atomic E-state index is -1.91. The minimum absolute atomic E-state index is 0.0545. The second-order valence-electron chi connectivity index (χ2n) is 7.71. The Bertz CT molecular complexity index is 653. The number of carbonyl (C=O) groups excluding carboxylic acids is 1. The summed E-state index contributed by atoms with van der Waals surface area (Å²) in [5.41, 5.74) is -0.0899. The van der Waals surface area contributed by atoms with Crippen molar-refractivity contribution in [3.63, 3.8) is 0 Å². The number of amides is 1. The quantitative estimate of drug-likeness (QED) is 0.610. The van der Waals surface area contributed by atoms with E-state index < -0.39 is 18.7 Å². The topological polar surface area (TPSA) is 86.1 Å². The Morgan fingerprint density at radius 2 is 2.08 bits per heavy atom. The second-order valence-corrected chi connectivity index (χ2v) is 7.71. The van der Waals surface area contributed by atoms with Gasteiger partial charge in [0, 0.05) is 43.4 Å². The first kappa shape index (κ1) is 20.6. The molecule has 1 fully saturated rings. The van der Waals surface area contributed by atoms with Crippen LogP contribution < -0.4 is 5.46 Å². The van der Waals surface area contributed by atoms with Crippen LogP contribution in [0.25, 0.3) is 0 Å². The maximum absolute atomic E-state index is 13.6. The van der Waals surface area contributed by atoms with Crippen molar-refractivity contribution < 1.29 is 24.0 Å². The molecule has 0 radical (unpaired) electrons. The Kier molecular flexibility index (Phi) is 6.26. The van der Waals surface area contributed by atoms with E-state index in [2.05, 4.69) is 9.88 Å². The molecule has 2 atom stereocenters. The molecule has 1 aromatic rings. The predicted molar refractivity (Wildman–Crippen MR) is 96.4 cm³/mol. The monoisotopic (exact) mass is 367 g/mol. The lowest BCUT2D eigenvalue weighted by Gasteiger charge is -2.43. The summed E-state index contributed by atoms with van der Waals surface area (Å²) >= 11 is 0. The maximum atomic E-state index is 13.6. The zero-order valence-corrected chi connectivity index (χ0v) is 15.9. The van der Waals surface area contributed by atoms with Crippen LogP contribution in [-0.4, -0.2) is 69.3 Å². The van der Waals surface area contributed by atoms with E-state index in [-0.39, 0.29) is 23.6 Å². The van der Waals surface area contributed by atoms with Gasteiger partial charge in [0.15, 0.2) is 0 Å². The van der Waals surface area contributed by atoms with Gasteiger partial charge in [0.1, 0.15) is 5.60 Å². The molecule has 1 amide bonds. The molecule has 0 saturated carbocycles. The van der Waals surface area contributed by atoms with Crippen molar-refractivity contribution in [3.05, 3.63) is 23.8 Å². The van der Waals surface area contributed by atoms with Crippen LogP contribution in [0.1, 0.15) is 46.2 Å². The van der Waals surface area contributed by atoms with Crippen molar-refractivity contribution in [3.8, 4) is 0 Å². The van der Waals surface area contributed by atoms with Crippen LogP contribution in [0.15, 0.2) is 12.3 Å². The zero-order valence-electron chi connectivity index (χ0n) is 15.9. The molecule has 144 valence electrons. The molecule has 1 unspecified atom stereocenters. The largest absolute Gasteiger partial charge is 0.493 e. The van der Waals surface area contributed by atoms with Gasteiger partial charge < -0.3 is 19.7 Å². The molecule has 9 heteroatoms. The van der Waals surface area contributed by atoms with Gasteiger partial charge in [-0.25, -0.2) is 9.78 Å². The smallest absolute Gasteiger partial charge is 0.444 e. The first-order chi connectivity index (χ1) is 12.0. The van der Waals surface area contributed by atoms with Crippen LogP contribution in [0.4, 0.5) is 9.18 Å². The fraction of sp³-hybridized carbons (Fsp3) is 0.647. The third-order valence-electron chi connectivity index (χ3n) is 4.48. The number of nitrogens with zero attached hydrogens (tertiary/aromatic N) is 3. The highest BCUT2D eigenvalue weighted by Gasteiger charge is 2.33. The molecule has 7 nitrogen and oxygen atoms in total. The van der Waals surface area contributed by atoms with Gasteiger partial charge >= 0.3 is 13.2 Å². The normalized spacial score (nSPS) is 20.0. The van der Waals surface area contributed by atoms with E-state index in [1.165, 1.54) is 12.3 Å². The number of ether oxygens (including phenoxy) is 1. The van der Waals surface area contributed by atoms with E-state index in [0.29, 0.717) is 25.2 Å². The summed E-state index contributed by atoms with van der Waals surface area (Å²) in [6.07, 6.45) is 1.07. The number of hydrogen-bond donors (Lipinski definition) is 2. The first-order valence-electron chi connectivity index (χ1n) is 8.74. The predicted octanol–water partition coefficient (Wildman–Crippen LogP) is 0.903.